The number of rotatable bonds is 10. The van der Waals surface area contributed by atoms with E-state index in [4.69, 9.17) is 25.4 Å². The maximum Gasteiger partial charge on any atom is 0.147 e. The third-order valence-corrected chi connectivity index (χ3v) is 5.83. The van der Waals surface area contributed by atoms with Crippen LogP contribution in [0.4, 0.5) is 0 Å². The smallest absolute Gasteiger partial charge is 0.147 e. The van der Waals surface area contributed by atoms with Crippen LogP contribution in [0.3, 0.4) is 0 Å². The molecule has 34 heavy (non-hydrogen) atoms. The summed E-state index contributed by atoms with van der Waals surface area (Å²) in [5, 5.41) is 10.1. The standard InChI is InChI=1S/C29H30O5/c1-2-25-27(31-19-22-12-6-3-7-13-22)29(33-21-24-16-10-5-11-17-24)28(26(18-30)34-25)32-20-23-14-8-4-9-15-23/h1,3-17,25-30H,18-21H2/t25-,26-,27-,28-,29-/m1/s1. The number of hydrogen-bond donors (Lipinski definition) is 1. The van der Waals surface area contributed by atoms with Crippen molar-refractivity contribution in [3.05, 3.63) is 108 Å². The second kappa shape index (κ2) is 12.5. The van der Waals surface area contributed by atoms with E-state index >= 15 is 0 Å². The molecule has 0 radical (unpaired) electrons. The van der Waals surface area contributed by atoms with Gasteiger partial charge in [0, 0.05) is 0 Å². The van der Waals surface area contributed by atoms with E-state index in [0.29, 0.717) is 19.8 Å². The number of benzene rings is 3. The molecule has 1 aliphatic heterocycles. The molecule has 1 heterocycles. The average Bonchev–Trinajstić information content (AvgIpc) is 2.91. The van der Waals surface area contributed by atoms with Crippen molar-refractivity contribution in [3.8, 4) is 12.3 Å². The van der Waals surface area contributed by atoms with Gasteiger partial charge in [0.25, 0.3) is 0 Å². The molecule has 5 heteroatoms. The van der Waals surface area contributed by atoms with Crippen molar-refractivity contribution in [2.24, 2.45) is 0 Å². The molecule has 1 saturated heterocycles. The van der Waals surface area contributed by atoms with Gasteiger partial charge in [-0.15, -0.1) is 6.42 Å². The van der Waals surface area contributed by atoms with Crippen LogP contribution in [0.1, 0.15) is 16.7 Å². The molecule has 0 spiro atoms. The number of terminal acetylenes is 1. The van der Waals surface area contributed by atoms with Gasteiger partial charge in [0.1, 0.15) is 30.5 Å². The first-order valence-electron chi connectivity index (χ1n) is 11.5. The zero-order chi connectivity index (χ0) is 23.6. The minimum atomic E-state index is -0.682. The Hall–Kier alpha value is -2.98. The van der Waals surface area contributed by atoms with Crippen LogP contribution >= 0.6 is 0 Å². The molecule has 1 fully saturated rings. The van der Waals surface area contributed by atoms with E-state index in [9.17, 15) is 5.11 Å². The number of hydrogen-bond acceptors (Lipinski definition) is 5. The number of aliphatic hydroxyl groups excluding tert-OH is 1. The Bertz CT molecular complexity index is 1020. The lowest BCUT2D eigenvalue weighted by Crippen LogP contribution is -2.60. The zero-order valence-corrected chi connectivity index (χ0v) is 19.0. The van der Waals surface area contributed by atoms with Gasteiger partial charge in [-0.1, -0.05) is 96.9 Å². The van der Waals surface area contributed by atoms with Crippen molar-refractivity contribution in [1.29, 1.82) is 0 Å². The summed E-state index contributed by atoms with van der Waals surface area (Å²) in [6.45, 7) is 0.821. The number of ether oxygens (including phenoxy) is 4. The molecule has 3 aromatic carbocycles. The molecule has 5 nitrogen and oxygen atoms in total. The van der Waals surface area contributed by atoms with Crippen molar-refractivity contribution in [3.63, 3.8) is 0 Å². The van der Waals surface area contributed by atoms with Gasteiger partial charge in [-0.2, -0.15) is 0 Å². The molecule has 5 atom stereocenters. The predicted molar refractivity (Wildman–Crippen MR) is 130 cm³/mol. The Morgan fingerprint density at radius 3 is 1.47 bits per heavy atom. The first-order chi connectivity index (χ1) is 16.8. The topological polar surface area (TPSA) is 57.2 Å². The maximum absolute atomic E-state index is 10.1. The van der Waals surface area contributed by atoms with Gasteiger partial charge in [-0.05, 0) is 16.7 Å². The van der Waals surface area contributed by atoms with E-state index in [1.807, 2.05) is 91.0 Å². The molecule has 0 unspecified atom stereocenters. The Labute approximate surface area is 201 Å². The quantitative estimate of drug-likeness (QED) is 0.463. The van der Waals surface area contributed by atoms with Crippen molar-refractivity contribution in [2.45, 2.75) is 50.3 Å². The fraction of sp³-hybridized carbons (Fsp3) is 0.310. The monoisotopic (exact) mass is 458 g/mol. The van der Waals surface area contributed by atoms with Crippen molar-refractivity contribution >= 4 is 0 Å². The second-order valence-corrected chi connectivity index (χ2v) is 8.23. The summed E-state index contributed by atoms with van der Waals surface area (Å²) >= 11 is 0. The highest BCUT2D eigenvalue weighted by Gasteiger charge is 2.47. The van der Waals surface area contributed by atoms with Gasteiger partial charge in [-0.25, -0.2) is 0 Å². The minimum Gasteiger partial charge on any atom is -0.394 e. The van der Waals surface area contributed by atoms with Crippen LogP contribution in [0.2, 0.25) is 0 Å². The molecule has 4 rings (SSSR count). The predicted octanol–water partition coefficient (Wildman–Crippen LogP) is 4.14. The molecular weight excluding hydrogens is 428 g/mol. The molecule has 0 amide bonds. The molecule has 0 saturated carbocycles. The first kappa shape index (κ1) is 24.2. The van der Waals surface area contributed by atoms with Crippen LogP contribution in [0.25, 0.3) is 0 Å². The number of aliphatic hydroxyl groups is 1. The lowest BCUT2D eigenvalue weighted by molar-refractivity contribution is -0.258. The van der Waals surface area contributed by atoms with E-state index in [-0.39, 0.29) is 6.61 Å². The van der Waals surface area contributed by atoms with Crippen LogP contribution < -0.4 is 0 Å². The van der Waals surface area contributed by atoms with E-state index in [0.717, 1.165) is 16.7 Å². The summed E-state index contributed by atoms with van der Waals surface area (Å²) in [5.41, 5.74) is 3.06. The van der Waals surface area contributed by atoms with Crippen LogP contribution in [-0.2, 0) is 38.8 Å². The van der Waals surface area contributed by atoms with Crippen LogP contribution in [0.5, 0.6) is 0 Å². The molecular formula is C29H30O5. The Balaban J connectivity index is 1.57. The van der Waals surface area contributed by atoms with Crippen molar-refractivity contribution in [2.75, 3.05) is 6.61 Å². The van der Waals surface area contributed by atoms with E-state index in [1.165, 1.54) is 0 Å². The van der Waals surface area contributed by atoms with Crippen LogP contribution in [0, 0.1) is 12.3 Å². The first-order valence-corrected chi connectivity index (χ1v) is 11.5. The Morgan fingerprint density at radius 1 is 0.647 bits per heavy atom. The van der Waals surface area contributed by atoms with E-state index in [2.05, 4.69) is 5.92 Å². The minimum absolute atomic E-state index is 0.242. The molecule has 0 aromatic heterocycles. The van der Waals surface area contributed by atoms with Gasteiger partial charge in [0.15, 0.2) is 0 Å². The fourth-order valence-corrected chi connectivity index (χ4v) is 4.07. The normalized spacial score (nSPS) is 24.4. The highest BCUT2D eigenvalue weighted by molar-refractivity contribution is 5.16. The lowest BCUT2D eigenvalue weighted by Gasteiger charge is -2.44. The summed E-state index contributed by atoms with van der Waals surface area (Å²) in [7, 11) is 0. The Kier molecular flexibility index (Phi) is 8.86. The van der Waals surface area contributed by atoms with Gasteiger partial charge in [0.05, 0.1) is 26.4 Å². The summed E-state index contributed by atoms with van der Waals surface area (Å²) < 4.78 is 25.0. The Morgan fingerprint density at radius 2 is 1.06 bits per heavy atom. The molecule has 0 aliphatic carbocycles. The summed E-state index contributed by atoms with van der Waals surface area (Å²) in [4.78, 5) is 0. The molecule has 0 bridgehead atoms. The summed E-state index contributed by atoms with van der Waals surface area (Å²) in [6, 6.07) is 29.6. The molecule has 1 N–H and O–H groups in total. The molecule has 1 aliphatic rings. The van der Waals surface area contributed by atoms with Crippen molar-refractivity contribution in [1.82, 2.24) is 0 Å². The average molecular weight is 459 g/mol. The zero-order valence-electron chi connectivity index (χ0n) is 19.0. The summed E-state index contributed by atoms with van der Waals surface area (Å²) in [5.74, 6) is 2.68. The largest absolute Gasteiger partial charge is 0.394 e. The van der Waals surface area contributed by atoms with E-state index < -0.39 is 30.5 Å². The van der Waals surface area contributed by atoms with Gasteiger partial charge >= 0.3 is 0 Å². The third-order valence-electron chi connectivity index (χ3n) is 5.83. The molecule has 3 aromatic rings. The molecule has 176 valence electrons. The highest BCUT2D eigenvalue weighted by atomic mass is 16.6. The third kappa shape index (κ3) is 6.32. The summed E-state index contributed by atoms with van der Waals surface area (Å²) in [6.07, 6.45) is 2.82. The fourth-order valence-electron chi connectivity index (χ4n) is 4.07. The van der Waals surface area contributed by atoms with Crippen molar-refractivity contribution < 1.29 is 24.1 Å². The second-order valence-electron chi connectivity index (χ2n) is 8.23. The lowest BCUT2D eigenvalue weighted by atomic mass is 9.94. The van der Waals surface area contributed by atoms with Crippen LogP contribution in [0.15, 0.2) is 91.0 Å². The van der Waals surface area contributed by atoms with E-state index in [1.54, 1.807) is 0 Å². The van der Waals surface area contributed by atoms with Gasteiger partial charge in [-0.3, -0.25) is 0 Å². The van der Waals surface area contributed by atoms with Gasteiger partial charge in [0.2, 0.25) is 0 Å². The highest BCUT2D eigenvalue weighted by Crippen LogP contribution is 2.30. The SMILES string of the molecule is C#C[C@H]1O[C@H](CO)[C@@H](OCc2ccccc2)[C@H](OCc2ccccc2)[C@@H]1OCc1ccccc1. The van der Waals surface area contributed by atoms with Gasteiger partial charge < -0.3 is 24.1 Å². The van der Waals surface area contributed by atoms with Crippen LogP contribution in [-0.4, -0.2) is 42.2 Å². The maximum atomic E-state index is 10.1.